The van der Waals surface area contributed by atoms with Crippen molar-refractivity contribution in [2.75, 3.05) is 0 Å². The van der Waals surface area contributed by atoms with Crippen LogP contribution in [-0.2, 0) is 11.1 Å². The molecule has 4 aliphatic carbocycles. The van der Waals surface area contributed by atoms with Crippen molar-refractivity contribution in [3.8, 4) is 0 Å². The van der Waals surface area contributed by atoms with Gasteiger partial charge in [0.1, 0.15) is 11.1 Å². The summed E-state index contributed by atoms with van der Waals surface area (Å²) in [6.45, 7) is 0. The molecule has 2 heteroatoms. The Morgan fingerprint density at radius 3 is 1.54 bits per heavy atom. The molecule has 2 heterocycles. The molecule has 3 saturated carbocycles. The second kappa shape index (κ2) is 4.36. The number of benzene rings is 2. The van der Waals surface area contributed by atoms with Gasteiger partial charge in [-0.15, -0.1) is 0 Å². The first-order valence-electron chi connectivity index (χ1n) is 10.1. The van der Waals surface area contributed by atoms with Crippen LogP contribution in [0.5, 0.6) is 0 Å². The lowest BCUT2D eigenvalue weighted by molar-refractivity contribution is -0.0223. The van der Waals surface area contributed by atoms with Gasteiger partial charge in [-0.2, -0.15) is 10.2 Å². The van der Waals surface area contributed by atoms with E-state index in [4.69, 9.17) is 10.2 Å². The van der Waals surface area contributed by atoms with Crippen LogP contribution >= 0.6 is 0 Å². The van der Waals surface area contributed by atoms with Crippen molar-refractivity contribution >= 4 is 0 Å². The molecular formula is C24H22N2. The zero-order valence-corrected chi connectivity index (χ0v) is 14.7. The Morgan fingerprint density at radius 1 is 0.615 bits per heavy atom. The van der Waals surface area contributed by atoms with Crippen LogP contribution in [0.15, 0.2) is 83.0 Å². The van der Waals surface area contributed by atoms with Crippen molar-refractivity contribution in [3.05, 3.63) is 83.9 Å². The molecule has 128 valence electrons. The molecule has 6 aliphatic rings. The molecule has 0 saturated heterocycles. The maximum atomic E-state index is 5.22. The Kier molecular flexibility index (Phi) is 2.33. The molecule has 0 spiro atoms. The van der Waals surface area contributed by atoms with Gasteiger partial charge in [-0.25, -0.2) is 0 Å². The van der Waals surface area contributed by atoms with Crippen LogP contribution in [0, 0.1) is 35.5 Å². The topological polar surface area (TPSA) is 24.7 Å². The van der Waals surface area contributed by atoms with Gasteiger partial charge in [0.25, 0.3) is 0 Å². The molecular weight excluding hydrogens is 316 g/mol. The van der Waals surface area contributed by atoms with Gasteiger partial charge in [0, 0.05) is 11.8 Å². The summed E-state index contributed by atoms with van der Waals surface area (Å²) in [4.78, 5) is 0. The maximum Gasteiger partial charge on any atom is 0.113 e. The normalized spacial score (nSPS) is 48.5. The fourth-order valence-electron chi connectivity index (χ4n) is 7.47. The van der Waals surface area contributed by atoms with Crippen molar-refractivity contribution < 1.29 is 0 Å². The summed E-state index contributed by atoms with van der Waals surface area (Å²) in [6, 6.07) is 22.2. The van der Waals surface area contributed by atoms with Crippen LogP contribution in [-0.4, -0.2) is 0 Å². The summed E-state index contributed by atoms with van der Waals surface area (Å²) < 4.78 is 0. The number of hydrogen-bond acceptors (Lipinski definition) is 2. The molecule has 0 aromatic heterocycles. The van der Waals surface area contributed by atoms with Crippen LogP contribution in [0.4, 0.5) is 0 Å². The number of fused-ring (bicyclic) bond motifs is 2. The lowest BCUT2D eigenvalue weighted by Gasteiger charge is -2.57. The zero-order chi connectivity index (χ0) is 16.9. The lowest BCUT2D eigenvalue weighted by Crippen LogP contribution is -2.58. The first kappa shape index (κ1) is 13.9. The highest BCUT2D eigenvalue weighted by molar-refractivity contribution is 5.45. The molecule has 0 radical (unpaired) electrons. The SMILES string of the molecule is C1=C[C@H]2C[C@@H]1[C@H]1[C@@H]2[C@@]2(c3ccccc3)N=N[C@]1(c1ccccc1)[C@@H]1C[C@@H]12. The molecule has 0 N–H and O–H groups in total. The van der Waals surface area contributed by atoms with Crippen molar-refractivity contribution in [2.24, 2.45) is 45.7 Å². The van der Waals surface area contributed by atoms with E-state index in [0.29, 0.717) is 35.5 Å². The molecule has 2 nitrogen and oxygen atoms in total. The monoisotopic (exact) mass is 338 g/mol. The molecule has 4 bridgehead atoms. The highest BCUT2D eigenvalue weighted by Gasteiger charge is 2.79. The molecule has 26 heavy (non-hydrogen) atoms. The van der Waals surface area contributed by atoms with Crippen LogP contribution in [0.25, 0.3) is 0 Å². The van der Waals surface area contributed by atoms with Crippen LogP contribution in [0.3, 0.4) is 0 Å². The van der Waals surface area contributed by atoms with E-state index in [1.165, 1.54) is 24.0 Å². The molecule has 2 aromatic rings. The fourth-order valence-corrected chi connectivity index (χ4v) is 7.47. The first-order valence-corrected chi connectivity index (χ1v) is 10.1. The van der Waals surface area contributed by atoms with Crippen molar-refractivity contribution in [1.82, 2.24) is 0 Å². The molecule has 3 fully saturated rings. The third-order valence-electron chi connectivity index (χ3n) is 8.25. The Labute approximate surface area is 154 Å². The number of rotatable bonds is 2. The highest BCUT2D eigenvalue weighted by atomic mass is 15.3. The number of azo groups is 1. The van der Waals surface area contributed by atoms with E-state index >= 15 is 0 Å². The minimum Gasteiger partial charge on any atom is -0.181 e. The Hall–Kier alpha value is -2.22. The Balaban J connectivity index is 1.52. The van der Waals surface area contributed by atoms with Gasteiger partial charge in [-0.05, 0) is 47.6 Å². The van der Waals surface area contributed by atoms with Crippen LogP contribution in [0.1, 0.15) is 24.0 Å². The van der Waals surface area contributed by atoms with Gasteiger partial charge < -0.3 is 0 Å². The molecule has 0 unspecified atom stereocenters. The van der Waals surface area contributed by atoms with Crippen molar-refractivity contribution in [3.63, 3.8) is 0 Å². The largest absolute Gasteiger partial charge is 0.181 e. The second-order valence-electron chi connectivity index (χ2n) is 9.03. The van der Waals surface area contributed by atoms with Crippen LogP contribution in [0.2, 0.25) is 0 Å². The molecule has 2 aromatic carbocycles. The minimum absolute atomic E-state index is 0.0721. The summed E-state index contributed by atoms with van der Waals surface area (Å²) in [7, 11) is 0. The van der Waals surface area contributed by atoms with Gasteiger partial charge in [-0.3, -0.25) is 0 Å². The third-order valence-corrected chi connectivity index (χ3v) is 8.25. The summed E-state index contributed by atoms with van der Waals surface area (Å²) in [5.41, 5.74) is 2.68. The lowest BCUT2D eigenvalue weighted by atomic mass is 9.52. The predicted molar refractivity (Wildman–Crippen MR) is 100 cm³/mol. The first-order chi connectivity index (χ1) is 12.9. The van der Waals surface area contributed by atoms with E-state index in [1.807, 2.05) is 0 Å². The standard InChI is InChI=1S/C24H22N2/c1-3-7-17(8-4-1)23-19-14-20(19)24(26-25-23,18-9-5-2-6-10-18)22-16-12-11-15(13-16)21(22)23/h1-12,15-16,19-22H,13-14H2/t15-,16+,19-,20+,21+,22-,23-,24+. The van der Waals surface area contributed by atoms with Crippen molar-refractivity contribution in [2.45, 2.75) is 23.9 Å². The van der Waals surface area contributed by atoms with Gasteiger partial charge in [0.2, 0.25) is 0 Å². The smallest absolute Gasteiger partial charge is 0.113 e. The van der Waals surface area contributed by atoms with Gasteiger partial charge in [0.05, 0.1) is 0 Å². The predicted octanol–water partition coefficient (Wildman–Crippen LogP) is 5.33. The van der Waals surface area contributed by atoms with Crippen LogP contribution < -0.4 is 0 Å². The number of nitrogens with zero attached hydrogens (tertiary/aromatic N) is 2. The van der Waals surface area contributed by atoms with E-state index in [2.05, 4.69) is 72.8 Å². The Morgan fingerprint density at radius 2 is 1.08 bits per heavy atom. The van der Waals surface area contributed by atoms with E-state index < -0.39 is 0 Å². The minimum atomic E-state index is -0.0721. The average Bonchev–Trinajstić information content (AvgIpc) is 3.30. The van der Waals surface area contributed by atoms with Gasteiger partial charge in [-0.1, -0.05) is 72.8 Å². The van der Waals surface area contributed by atoms with E-state index in [0.717, 1.165) is 0 Å². The van der Waals surface area contributed by atoms with Gasteiger partial charge >= 0.3 is 0 Å². The van der Waals surface area contributed by atoms with E-state index in [9.17, 15) is 0 Å². The highest BCUT2D eigenvalue weighted by Crippen LogP contribution is 2.80. The Bertz CT molecular complexity index is 873. The quantitative estimate of drug-likeness (QED) is 0.661. The van der Waals surface area contributed by atoms with Gasteiger partial charge in [0.15, 0.2) is 0 Å². The molecule has 8 rings (SSSR count). The summed E-state index contributed by atoms with van der Waals surface area (Å²) >= 11 is 0. The zero-order valence-electron chi connectivity index (χ0n) is 14.7. The maximum absolute atomic E-state index is 5.22. The molecule has 2 aliphatic heterocycles. The van der Waals surface area contributed by atoms with E-state index in [1.54, 1.807) is 0 Å². The summed E-state index contributed by atoms with van der Waals surface area (Å²) in [6.07, 6.45) is 7.60. The second-order valence-corrected chi connectivity index (χ2v) is 9.03. The van der Waals surface area contributed by atoms with E-state index in [-0.39, 0.29) is 11.1 Å². The third kappa shape index (κ3) is 1.34. The molecule has 0 amide bonds. The fraction of sp³-hybridized carbons (Fsp3) is 0.417. The number of hydrogen-bond donors (Lipinski definition) is 0. The average molecular weight is 338 g/mol. The van der Waals surface area contributed by atoms with Crippen molar-refractivity contribution in [1.29, 1.82) is 0 Å². The summed E-state index contributed by atoms with van der Waals surface area (Å²) in [5, 5.41) is 10.4. The molecule has 8 atom stereocenters. The summed E-state index contributed by atoms with van der Waals surface area (Å²) in [5.74, 6) is 3.90. The number of allylic oxidation sites excluding steroid dienone is 2.